The normalized spacial score (nSPS) is 16.3. The maximum Gasteiger partial charge on any atom is 0.341 e. The fourth-order valence-electron chi connectivity index (χ4n) is 2.74. The molecule has 1 fully saturated rings. The molecule has 0 radical (unpaired) electrons. The third-order valence-corrected chi connectivity index (χ3v) is 5.43. The summed E-state index contributed by atoms with van der Waals surface area (Å²) in [5, 5.41) is 9.43. The summed E-state index contributed by atoms with van der Waals surface area (Å²) >= 11 is 7.42. The summed E-state index contributed by atoms with van der Waals surface area (Å²) in [4.78, 5) is 30.0. The zero-order valence-electron chi connectivity index (χ0n) is 16.6. The molecule has 10 heteroatoms. The highest BCUT2D eigenvalue weighted by Gasteiger charge is 2.32. The van der Waals surface area contributed by atoms with Gasteiger partial charge in [-0.2, -0.15) is 0 Å². The first-order chi connectivity index (χ1) is 14.8. The zero-order valence-corrected chi connectivity index (χ0v) is 18.2. The van der Waals surface area contributed by atoms with Gasteiger partial charge in [-0.05, 0) is 66.7 Å². The molecule has 1 saturated heterocycles. The van der Waals surface area contributed by atoms with Crippen LogP contribution in [0.5, 0.6) is 11.5 Å². The Morgan fingerprint density at radius 2 is 2.03 bits per heavy atom. The number of carboxylic acid groups (broad SMARTS) is 1. The number of likely N-dealkylation sites (N-methyl/N-ethyl adjacent to an activating group) is 1. The molecule has 0 aliphatic carbocycles. The molecule has 0 atom stereocenters. The highest BCUT2D eigenvalue weighted by atomic mass is 35.5. The Labute approximate surface area is 187 Å². The molecular formula is C21H18ClFN2O5S. The maximum absolute atomic E-state index is 13.1. The smallest absolute Gasteiger partial charge is 0.341 e. The van der Waals surface area contributed by atoms with Crippen molar-refractivity contribution in [2.75, 3.05) is 20.3 Å². The van der Waals surface area contributed by atoms with E-state index in [0.29, 0.717) is 27.9 Å². The molecule has 1 amide bonds. The van der Waals surface area contributed by atoms with Gasteiger partial charge in [0.15, 0.2) is 23.3 Å². The van der Waals surface area contributed by atoms with Crippen molar-refractivity contribution in [1.29, 1.82) is 0 Å². The fraction of sp³-hybridized carbons (Fsp3) is 0.190. The van der Waals surface area contributed by atoms with Crippen LogP contribution in [-0.2, 0) is 9.59 Å². The molecular weight excluding hydrogens is 447 g/mol. The number of rotatable bonds is 7. The second kappa shape index (κ2) is 9.84. The molecule has 1 heterocycles. The van der Waals surface area contributed by atoms with Crippen LogP contribution < -0.4 is 9.47 Å². The summed E-state index contributed by atoms with van der Waals surface area (Å²) in [5.74, 6) is -1.40. The highest BCUT2D eigenvalue weighted by Crippen LogP contribution is 2.39. The number of carbonyl (C=O) groups is 2. The first-order valence-electron chi connectivity index (χ1n) is 9.10. The predicted octanol–water partition coefficient (Wildman–Crippen LogP) is 4.58. The number of benzene rings is 2. The van der Waals surface area contributed by atoms with Crippen molar-refractivity contribution in [2.24, 2.45) is 4.99 Å². The summed E-state index contributed by atoms with van der Waals surface area (Å²) < 4.78 is 23.6. The second-order valence-electron chi connectivity index (χ2n) is 6.25. The van der Waals surface area contributed by atoms with E-state index in [2.05, 4.69) is 4.99 Å². The van der Waals surface area contributed by atoms with Crippen molar-refractivity contribution in [3.63, 3.8) is 0 Å². The average molecular weight is 465 g/mol. The Morgan fingerprint density at radius 3 is 2.65 bits per heavy atom. The number of methoxy groups -OCH3 is 1. The maximum atomic E-state index is 13.1. The lowest BCUT2D eigenvalue weighted by Crippen LogP contribution is -2.28. The third-order valence-electron chi connectivity index (χ3n) is 4.15. The SMILES string of the molecule is CCN1C(=O)/C(=C\c2cc(Cl)c(OCC(=O)O)c(OC)c2)SC1=Nc1ccc(F)cc1. The van der Waals surface area contributed by atoms with Gasteiger partial charge in [0.25, 0.3) is 5.91 Å². The summed E-state index contributed by atoms with van der Waals surface area (Å²) in [6.07, 6.45) is 1.64. The van der Waals surface area contributed by atoms with Crippen LogP contribution in [0.2, 0.25) is 5.02 Å². The summed E-state index contributed by atoms with van der Waals surface area (Å²) in [6.45, 7) is 1.67. The molecule has 162 valence electrons. The molecule has 2 aromatic rings. The van der Waals surface area contributed by atoms with E-state index in [1.165, 1.54) is 48.0 Å². The van der Waals surface area contributed by atoms with Crippen molar-refractivity contribution in [1.82, 2.24) is 4.90 Å². The van der Waals surface area contributed by atoms with E-state index < -0.39 is 12.6 Å². The van der Waals surface area contributed by atoms with Crippen molar-refractivity contribution in [3.8, 4) is 11.5 Å². The highest BCUT2D eigenvalue weighted by molar-refractivity contribution is 8.18. The van der Waals surface area contributed by atoms with E-state index in [-0.39, 0.29) is 28.2 Å². The van der Waals surface area contributed by atoms with E-state index in [1.54, 1.807) is 18.2 Å². The standard InChI is InChI=1S/C21H18ClFN2O5S/c1-3-25-20(28)17(31-21(25)24-14-6-4-13(23)5-7-14)10-12-8-15(22)19(16(9-12)29-2)30-11-18(26)27/h4-10H,3,11H2,1-2H3,(H,26,27)/b17-10+,24-21?. The van der Waals surface area contributed by atoms with Crippen molar-refractivity contribution < 1.29 is 28.6 Å². The second-order valence-corrected chi connectivity index (χ2v) is 7.66. The number of nitrogens with zero attached hydrogens (tertiary/aromatic N) is 2. The minimum atomic E-state index is -1.15. The zero-order chi connectivity index (χ0) is 22.5. The van der Waals surface area contributed by atoms with Crippen LogP contribution in [-0.4, -0.2) is 47.3 Å². The van der Waals surface area contributed by atoms with Crippen LogP contribution in [0.3, 0.4) is 0 Å². The van der Waals surface area contributed by atoms with Crippen molar-refractivity contribution >= 4 is 52.2 Å². The Hall–Kier alpha value is -3.04. The Kier molecular flexibility index (Phi) is 7.19. The van der Waals surface area contributed by atoms with Crippen LogP contribution in [0.1, 0.15) is 12.5 Å². The molecule has 1 aliphatic heterocycles. The summed E-state index contributed by atoms with van der Waals surface area (Å²) in [5.41, 5.74) is 1.10. The number of carbonyl (C=O) groups excluding carboxylic acids is 1. The molecule has 0 spiro atoms. The van der Waals surface area contributed by atoms with Gasteiger partial charge in [0.05, 0.1) is 22.7 Å². The largest absolute Gasteiger partial charge is 0.493 e. The molecule has 1 aliphatic rings. The molecule has 0 bridgehead atoms. The third kappa shape index (κ3) is 5.36. The lowest BCUT2D eigenvalue weighted by Gasteiger charge is -2.12. The summed E-state index contributed by atoms with van der Waals surface area (Å²) in [6, 6.07) is 8.81. The van der Waals surface area contributed by atoms with Gasteiger partial charge in [0.1, 0.15) is 5.82 Å². The summed E-state index contributed by atoms with van der Waals surface area (Å²) in [7, 11) is 1.40. The first kappa shape index (κ1) is 22.6. The van der Waals surface area contributed by atoms with E-state index in [1.807, 2.05) is 6.92 Å². The minimum absolute atomic E-state index is 0.105. The molecule has 0 saturated carbocycles. The predicted molar refractivity (Wildman–Crippen MR) is 118 cm³/mol. The average Bonchev–Trinajstić information content (AvgIpc) is 3.02. The molecule has 3 rings (SSSR count). The number of hydrogen-bond acceptors (Lipinski definition) is 6. The van der Waals surface area contributed by atoms with Gasteiger partial charge in [0, 0.05) is 6.54 Å². The van der Waals surface area contributed by atoms with Gasteiger partial charge in [-0.15, -0.1) is 0 Å². The van der Waals surface area contributed by atoms with Crippen molar-refractivity contribution in [2.45, 2.75) is 6.92 Å². The number of aliphatic carboxylic acids is 1. The quantitative estimate of drug-likeness (QED) is 0.603. The topological polar surface area (TPSA) is 88.4 Å². The van der Waals surface area contributed by atoms with Gasteiger partial charge >= 0.3 is 5.97 Å². The number of aliphatic imine (C=N–C) groups is 1. The number of ether oxygens (including phenoxy) is 2. The van der Waals surface area contributed by atoms with E-state index in [0.717, 1.165) is 0 Å². The number of thioether (sulfide) groups is 1. The van der Waals surface area contributed by atoms with E-state index >= 15 is 0 Å². The van der Waals surface area contributed by atoms with Gasteiger partial charge < -0.3 is 14.6 Å². The molecule has 0 unspecified atom stereocenters. The molecule has 1 N–H and O–H groups in total. The van der Waals surface area contributed by atoms with Crippen LogP contribution >= 0.6 is 23.4 Å². The first-order valence-corrected chi connectivity index (χ1v) is 10.3. The minimum Gasteiger partial charge on any atom is -0.493 e. The van der Waals surface area contributed by atoms with Crippen LogP contribution in [0.25, 0.3) is 6.08 Å². The number of amidine groups is 1. The number of amides is 1. The monoisotopic (exact) mass is 464 g/mol. The lowest BCUT2D eigenvalue weighted by molar-refractivity contribution is -0.139. The van der Waals surface area contributed by atoms with Gasteiger partial charge in [0.2, 0.25) is 0 Å². The number of carboxylic acids is 1. The Balaban J connectivity index is 1.92. The number of hydrogen-bond donors (Lipinski definition) is 1. The van der Waals surface area contributed by atoms with Gasteiger partial charge in [-0.25, -0.2) is 14.2 Å². The van der Waals surface area contributed by atoms with Crippen LogP contribution in [0.4, 0.5) is 10.1 Å². The fourth-order valence-corrected chi connectivity index (χ4v) is 4.08. The van der Waals surface area contributed by atoms with E-state index in [9.17, 15) is 14.0 Å². The van der Waals surface area contributed by atoms with Crippen LogP contribution in [0.15, 0.2) is 46.3 Å². The van der Waals surface area contributed by atoms with Gasteiger partial charge in [-0.3, -0.25) is 9.69 Å². The van der Waals surface area contributed by atoms with Gasteiger partial charge in [-0.1, -0.05) is 11.6 Å². The van der Waals surface area contributed by atoms with Crippen molar-refractivity contribution in [3.05, 3.63) is 57.7 Å². The molecule has 2 aromatic carbocycles. The Morgan fingerprint density at radius 1 is 1.32 bits per heavy atom. The Bertz CT molecular complexity index is 1070. The molecule has 0 aromatic heterocycles. The van der Waals surface area contributed by atoms with E-state index in [4.69, 9.17) is 26.2 Å². The molecule has 31 heavy (non-hydrogen) atoms. The van der Waals surface area contributed by atoms with Crippen LogP contribution in [0, 0.1) is 5.82 Å². The lowest BCUT2D eigenvalue weighted by atomic mass is 10.1. The molecule has 7 nitrogen and oxygen atoms in total. The number of halogens is 2.